The van der Waals surface area contributed by atoms with Crippen molar-refractivity contribution >= 4 is 12.0 Å². The second kappa shape index (κ2) is 6.51. The van der Waals surface area contributed by atoms with Crippen LogP contribution in [0.15, 0.2) is 36.0 Å². The van der Waals surface area contributed by atoms with Crippen molar-refractivity contribution in [1.82, 2.24) is 0 Å². The number of ether oxygens (including phenoxy) is 1. The summed E-state index contributed by atoms with van der Waals surface area (Å²) in [5, 5.41) is 20.4. The number of esters is 1. The lowest BCUT2D eigenvalue weighted by molar-refractivity contribution is -0.432. The molecule has 0 saturated carbocycles. The van der Waals surface area contributed by atoms with Gasteiger partial charge in [0.15, 0.2) is 0 Å². The second-order valence-electron chi connectivity index (χ2n) is 3.39. The summed E-state index contributed by atoms with van der Waals surface area (Å²) in [4.78, 5) is 21.3. The van der Waals surface area contributed by atoms with Gasteiger partial charge in [0, 0.05) is 6.08 Å². The minimum atomic E-state index is -1.89. The van der Waals surface area contributed by atoms with Crippen LogP contribution in [0.4, 0.5) is 0 Å². The number of nitrogens with zero attached hydrogens (tertiary/aromatic N) is 1. The van der Waals surface area contributed by atoms with Crippen LogP contribution in [-0.2, 0) is 9.53 Å². The zero-order chi connectivity index (χ0) is 13.5. The highest BCUT2D eigenvalue weighted by molar-refractivity contribution is 5.79. The molecule has 0 amide bonds. The van der Waals surface area contributed by atoms with Crippen LogP contribution in [0.1, 0.15) is 12.5 Å². The molecule has 0 radical (unpaired) electrons. The first-order valence-electron chi connectivity index (χ1n) is 5.32. The molecule has 1 rings (SSSR count). The molecule has 1 aromatic rings. The highest BCUT2D eigenvalue weighted by Crippen LogP contribution is 2.12. The summed E-state index contributed by atoms with van der Waals surface area (Å²) in [5.41, 5.74) is -0.0906. The Morgan fingerprint density at radius 2 is 2.11 bits per heavy atom. The fourth-order valence-electron chi connectivity index (χ4n) is 1.29. The average molecular weight is 251 g/mol. The highest BCUT2D eigenvalue weighted by atomic mass is 16.6. The number of nitro groups is 1. The predicted octanol–water partition coefficient (Wildman–Crippen LogP) is 1.23. The lowest BCUT2D eigenvalue weighted by atomic mass is 10.1. The molecule has 0 heterocycles. The Morgan fingerprint density at radius 3 is 2.61 bits per heavy atom. The number of hydrogen-bond donors (Lipinski definition) is 1. The van der Waals surface area contributed by atoms with Gasteiger partial charge in [-0.25, -0.2) is 4.79 Å². The monoisotopic (exact) mass is 251 g/mol. The first kappa shape index (κ1) is 13.9. The number of hydrogen-bond acceptors (Lipinski definition) is 5. The van der Waals surface area contributed by atoms with Gasteiger partial charge in [-0.15, -0.1) is 0 Å². The van der Waals surface area contributed by atoms with Crippen molar-refractivity contribution in [3.63, 3.8) is 0 Å². The number of aliphatic hydroxyl groups excluding tert-OH is 1. The van der Waals surface area contributed by atoms with Gasteiger partial charge in [0.1, 0.15) is 0 Å². The lowest BCUT2D eigenvalue weighted by Gasteiger charge is -2.07. The van der Waals surface area contributed by atoms with Crippen LogP contribution < -0.4 is 0 Å². The van der Waals surface area contributed by atoms with Crippen LogP contribution in [0.5, 0.6) is 0 Å². The fraction of sp³-hybridized carbons (Fsp3) is 0.250. The van der Waals surface area contributed by atoms with Crippen LogP contribution in [0.25, 0.3) is 6.08 Å². The largest absolute Gasteiger partial charge is 0.464 e. The van der Waals surface area contributed by atoms with E-state index in [4.69, 9.17) is 0 Å². The fourth-order valence-corrected chi connectivity index (χ4v) is 1.29. The Kier molecular flexibility index (Phi) is 5.01. The Morgan fingerprint density at radius 1 is 1.50 bits per heavy atom. The normalized spacial score (nSPS) is 12.9. The Balaban J connectivity index is 3.00. The van der Waals surface area contributed by atoms with E-state index in [1.807, 2.05) is 0 Å². The molecular weight excluding hydrogens is 238 g/mol. The Labute approximate surface area is 104 Å². The van der Waals surface area contributed by atoms with Gasteiger partial charge < -0.3 is 9.84 Å². The van der Waals surface area contributed by atoms with E-state index in [-0.39, 0.29) is 6.61 Å². The third kappa shape index (κ3) is 3.67. The molecule has 0 fully saturated rings. The van der Waals surface area contributed by atoms with E-state index in [0.29, 0.717) is 5.56 Å². The molecule has 6 heteroatoms. The second-order valence-corrected chi connectivity index (χ2v) is 3.39. The maximum Gasteiger partial charge on any atom is 0.346 e. The minimum Gasteiger partial charge on any atom is -0.464 e. The van der Waals surface area contributed by atoms with Crippen molar-refractivity contribution < 1.29 is 19.6 Å². The van der Waals surface area contributed by atoms with E-state index in [1.54, 1.807) is 37.3 Å². The van der Waals surface area contributed by atoms with Crippen LogP contribution >= 0.6 is 0 Å². The van der Waals surface area contributed by atoms with Crippen molar-refractivity contribution in [2.24, 2.45) is 0 Å². The molecule has 1 unspecified atom stereocenters. The third-order valence-electron chi connectivity index (χ3n) is 2.11. The van der Waals surface area contributed by atoms with E-state index >= 15 is 0 Å². The van der Waals surface area contributed by atoms with Gasteiger partial charge in [-0.3, -0.25) is 10.1 Å². The first-order valence-corrected chi connectivity index (χ1v) is 5.32. The standard InChI is InChI=1S/C12H13NO5/c1-2-18-12(15)11(14)10(13(16)17)8-9-6-4-3-5-7-9/h3-8,11,14H,2H2,1H3/b10-8-. The molecule has 0 spiro atoms. The zero-order valence-electron chi connectivity index (χ0n) is 9.78. The molecule has 0 saturated heterocycles. The van der Waals surface area contributed by atoms with E-state index in [2.05, 4.69) is 4.74 Å². The summed E-state index contributed by atoms with van der Waals surface area (Å²) >= 11 is 0. The predicted molar refractivity (Wildman–Crippen MR) is 64.1 cm³/mol. The quantitative estimate of drug-likeness (QED) is 0.483. The van der Waals surface area contributed by atoms with Crippen molar-refractivity contribution in [2.75, 3.05) is 6.61 Å². The topological polar surface area (TPSA) is 89.7 Å². The number of rotatable bonds is 5. The molecule has 1 atom stereocenters. The summed E-state index contributed by atoms with van der Waals surface area (Å²) in [7, 11) is 0. The molecule has 6 nitrogen and oxygen atoms in total. The van der Waals surface area contributed by atoms with E-state index in [1.165, 1.54) is 0 Å². The molecule has 0 aliphatic heterocycles. The summed E-state index contributed by atoms with van der Waals surface area (Å²) in [6.45, 7) is 1.60. The van der Waals surface area contributed by atoms with Crippen LogP contribution in [-0.4, -0.2) is 28.7 Å². The first-order chi connectivity index (χ1) is 8.56. The third-order valence-corrected chi connectivity index (χ3v) is 2.11. The SMILES string of the molecule is CCOC(=O)C(O)/C(=C/c1ccccc1)[N+](=O)[O-]. The maximum atomic E-state index is 11.3. The van der Waals surface area contributed by atoms with Gasteiger partial charge in [0.25, 0.3) is 5.70 Å². The Hall–Kier alpha value is -2.21. The molecule has 1 N–H and O–H groups in total. The van der Waals surface area contributed by atoms with Gasteiger partial charge in [0.2, 0.25) is 6.10 Å². The maximum absolute atomic E-state index is 11.3. The molecular formula is C12H13NO5. The summed E-state index contributed by atoms with van der Waals surface area (Å²) in [6, 6.07) is 8.40. The van der Waals surface area contributed by atoms with E-state index in [9.17, 15) is 20.0 Å². The zero-order valence-corrected chi connectivity index (χ0v) is 9.78. The summed E-state index contributed by atoms with van der Waals surface area (Å²) in [6.07, 6.45) is -0.748. The van der Waals surface area contributed by atoms with Crippen molar-refractivity contribution in [3.8, 4) is 0 Å². The molecule has 0 aliphatic rings. The minimum absolute atomic E-state index is 0.0478. The van der Waals surface area contributed by atoms with Gasteiger partial charge in [-0.05, 0) is 12.5 Å². The molecule has 1 aromatic carbocycles. The molecule has 96 valence electrons. The number of aliphatic hydroxyl groups is 1. The van der Waals surface area contributed by atoms with Gasteiger partial charge in [-0.1, -0.05) is 30.3 Å². The lowest BCUT2D eigenvalue weighted by Crippen LogP contribution is -2.28. The molecule has 18 heavy (non-hydrogen) atoms. The smallest absolute Gasteiger partial charge is 0.346 e. The van der Waals surface area contributed by atoms with Gasteiger partial charge in [-0.2, -0.15) is 0 Å². The average Bonchev–Trinajstić information content (AvgIpc) is 2.36. The molecule has 0 aliphatic carbocycles. The highest BCUT2D eigenvalue weighted by Gasteiger charge is 2.30. The van der Waals surface area contributed by atoms with Gasteiger partial charge in [0.05, 0.1) is 11.5 Å². The van der Waals surface area contributed by atoms with Crippen LogP contribution in [0.3, 0.4) is 0 Å². The number of benzene rings is 1. The van der Waals surface area contributed by atoms with Crippen molar-refractivity contribution in [1.29, 1.82) is 0 Å². The summed E-state index contributed by atoms with van der Waals surface area (Å²) in [5.74, 6) is -1.03. The number of carbonyl (C=O) groups is 1. The molecule has 0 bridgehead atoms. The van der Waals surface area contributed by atoms with Gasteiger partial charge >= 0.3 is 5.97 Å². The Bertz CT molecular complexity index is 455. The van der Waals surface area contributed by atoms with E-state index in [0.717, 1.165) is 6.08 Å². The van der Waals surface area contributed by atoms with Crippen molar-refractivity contribution in [3.05, 3.63) is 51.7 Å². The number of carbonyl (C=O) groups excluding carboxylic acids is 1. The van der Waals surface area contributed by atoms with E-state index < -0.39 is 22.7 Å². The van der Waals surface area contributed by atoms with Crippen molar-refractivity contribution in [2.45, 2.75) is 13.0 Å². The van der Waals surface area contributed by atoms with Crippen LogP contribution in [0.2, 0.25) is 0 Å². The summed E-state index contributed by atoms with van der Waals surface area (Å²) < 4.78 is 4.54. The van der Waals surface area contributed by atoms with Crippen LogP contribution in [0, 0.1) is 10.1 Å². The molecule has 0 aromatic heterocycles.